The summed E-state index contributed by atoms with van der Waals surface area (Å²) in [6, 6.07) is 9.79. The van der Waals surface area contributed by atoms with E-state index in [0.717, 1.165) is 11.1 Å². The second kappa shape index (κ2) is 6.60. The minimum atomic E-state index is -0.605. The Balaban J connectivity index is 1.77. The second-order valence-corrected chi connectivity index (χ2v) is 7.37. The van der Waals surface area contributed by atoms with E-state index in [9.17, 15) is 9.59 Å². The maximum absolute atomic E-state index is 13.4. The fourth-order valence-electron chi connectivity index (χ4n) is 3.77. The van der Waals surface area contributed by atoms with Gasteiger partial charge in [-0.05, 0) is 54.4 Å². The SMILES string of the molecule is Cc1cc2oc3c(c(=O)c2cc1Cl)C(c1ccncc1)N(Cc1ccco1)C3=O. The van der Waals surface area contributed by atoms with E-state index in [1.165, 1.54) is 0 Å². The number of amides is 1. The molecule has 4 aromatic rings. The highest BCUT2D eigenvalue weighted by atomic mass is 35.5. The largest absolute Gasteiger partial charge is 0.467 e. The number of pyridine rings is 1. The molecule has 3 aromatic heterocycles. The predicted molar refractivity (Wildman–Crippen MR) is 107 cm³/mol. The molecule has 1 atom stereocenters. The summed E-state index contributed by atoms with van der Waals surface area (Å²) in [5.41, 5.74) is 1.92. The fraction of sp³-hybridized carbons (Fsp3) is 0.136. The third-order valence-corrected chi connectivity index (χ3v) is 5.58. The standard InChI is InChI=1S/C22H15ClN2O4/c1-12-9-17-15(10-16(12)23)20(26)18-19(13-4-6-24-7-5-13)25(22(27)21(18)29-17)11-14-3-2-8-28-14/h2-10,19H,11H2,1H3. The molecule has 0 aliphatic carbocycles. The van der Waals surface area contributed by atoms with Crippen LogP contribution >= 0.6 is 11.6 Å². The highest BCUT2D eigenvalue weighted by Crippen LogP contribution is 2.39. The lowest BCUT2D eigenvalue weighted by molar-refractivity contribution is 0.0701. The lowest BCUT2D eigenvalue weighted by atomic mass is 9.99. The van der Waals surface area contributed by atoms with Gasteiger partial charge >= 0.3 is 0 Å². The summed E-state index contributed by atoms with van der Waals surface area (Å²) in [7, 11) is 0. The van der Waals surface area contributed by atoms with Crippen LogP contribution < -0.4 is 5.43 Å². The van der Waals surface area contributed by atoms with Crippen molar-refractivity contribution in [3.8, 4) is 0 Å². The second-order valence-electron chi connectivity index (χ2n) is 6.97. The first-order valence-electron chi connectivity index (χ1n) is 9.04. The van der Waals surface area contributed by atoms with Crippen LogP contribution in [0.5, 0.6) is 0 Å². The van der Waals surface area contributed by atoms with E-state index in [4.69, 9.17) is 20.4 Å². The van der Waals surface area contributed by atoms with Crippen LogP contribution in [0.4, 0.5) is 0 Å². The fourth-order valence-corrected chi connectivity index (χ4v) is 3.93. The molecule has 144 valence electrons. The molecule has 1 amide bonds. The van der Waals surface area contributed by atoms with Crippen LogP contribution in [-0.4, -0.2) is 15.8 Å². The van der Waals surface area contributed by atoms with Gasteiger partial charge in [-0.15, -0.1) is 0 Å². The van der Waals surface area contributed by atoms with Crippen LogP contribution in [0.1, 0.15) is 39.0 Å². The molecule has 0 bridgehead atoms. The van der Waals surface area contributed by atoms with Crippen LogP contribution in [0.3, 0.4) is 0 Å². The molecular formula is C22H15ClN2O4. The van der Waals surface area contributed by atoms with Gasteiger partial charge in [0, 0.05) is 17.4 Å². The molecule has 0 N–H and O–H groups in total. The highest BCUT2D eigenvalue weighted by Gasteiger charge is 2.43. The molecule has 1 aliphatic rings. The van der Waals surface area contributed by atoms with E-state index >= 15 is 0 Å². The summed E-state index contributed by atoms with van der Waals surface area (Å²) in [6.07, 6.45) is 4.81. The molecule has 6 nitrogen and oxygen atoms in total. The number of hydrogen-bond donors (Lipinski definition) is 0. The molecule has 0 saturated carbocycles. The summed E-state index contributed by atoms with van der Waals surface area (Å²) in [4.78, 5) is 32.3. The molecule has 29 heavy (non-hydrogen) atoms. The van der Waals surface area contributed by atoms with Crippen molar-refractivity contribution in [2.75, 3.05) is 0 Å². The minimum Gasteiger partial charge on any atom is -0.467 e. The van der Waals surface area contributed by atoms with Crippen LogP contribution in [0.15, 0.2) is 68.7 Å². The number of aryl methyl sites for hydroxylation is 1. The third kappa shape index (κ3) is 2.76. The average molecular weight is 407 g/mol. The Labute approximate surface area is 170 Å². The van der Waals surface area contributed by atoms with Crippen LogP contribution in [0.2, 0.25) is 5.02 Å². The zero-order chi connectivity index (χ0) is 20.1. The summed E-state index contributed by atoms with van der Waals surface area (Å²) in [5, 5.41) is 0.827. The highest BCUT2D eigenvalue weighted by molar-refractivity contribution is 6.32. The first-order chi connectivity index (χ1) is 14.0. The van der Waals surface area contributed by atoms with Gasteiger partial charge in [-0.2, -0.15) is 0 Å². The van der Waals surface area contributed by atoms with Gasteiger partial charge in [0.2, 0.25) is 5.76 Å². The first kappa shape index (κ1) is 17.7. The third-order valence-electron chi connectivity index (χ3n) is 5.18. The van der Waals surface area contributed by atoms with Crippen molar-refractivity contribution >= 4 is 28.5 Å². The number of benzene rings is 1. The Kier molecular flexibility index (Phi) is 4.03. The molecule has 7 heteroatoms. The van der Waals surface area contributed by atoms with E-state index < -0.39 is 6.04 Å². The van der Waals surface area contributed by atoms with Crippen molar-refractivity contribution in [2.45, 2.75) is 19.5 Å². The number of hydrogen-bond acceptors (Lipinski definition) is 5. The van der Waals surface area contributed by atoms with Crippen molar-refractivity contribution in [1.82, 2.24) is 9.88 Å². The van der Waals surface area contributed by atoms with Crippen molar-refractivity contribution in [2.24, 2.45) is 0 Å². The van der Waals surface area contributed by atoms with Crippen LogP contribution in [0, 0.1) is 6.92 Å². The minimum absolute atomic E-state index is 0.0533. The van der Waals surface area contributed by atoms with Gasteiger partial charge in [0.15, 0.2) is 5.43 Å². The number of aromatic nitrogens is 1. The topological polar surface area (TPSA) is 76.6 Å². The van der Waals surface area contributed by atoms with Gasteiger partial charge in [-0.1, -0.05) is 11.6 Å². The van der Waals surface area contributed by atoms with Crippen molar-refractivity contribution < 1.29 is 13.6 Å². The van der Waals surface area contributed by atoms with E-state index in [1.807, 2.05) is 6.92 Å². The van der Waals surface area contributed by atoms with E-state index in [1.54, 1.807) is 60.0 Å². The average Bonchev–Trinajstić information content (AvgIpc) is 3.32. The molecule has 0 fully saturated rings. The molecule has 4 heterocycles. The van der Waals surface area contributed by atoms with Crippen molar-refractivity contribution in [3.63, 3.8) is 0 Å². The summed E-state index contributed by atoms with van der Waals surface area (Å²) in [5.74, 6) is 0.309. The summed E-state index contributed by atoms with van der Waals surface area (Å²) >= 11 is 6.24. The Morgan fingerprint density at radius 1 is 1.17 bits per heavy atom. The Hall–Kier alpha value is -3.38. The number of carbonyl (C=O) groups is 1. The molecule has 5 rings (SSSR count). The molecule has 1 unspecified atom stereocenters. The molecule has 1 aliphatic heterocycles. The zero-order valence-electron chi connectivity index (χ0n) is 15.4. The Bertz CT molecular complexity index is 1300. The normalized spacial score (nSPS) is 15.9. The van der Waals surface area contributed by atoms with Crippen molar-refractivity contribution in [3.05, 3.63) is 98.5 Å². The van der Waals surface area contributed by atoms with Gasteiger partial charge in [-0.25, -0.2) is 0 Å². The van der Waals surface area contributed by atoms with Crippen LogP contribution in [0.25, 0.3) is 11.0 Å². The zero-order valence-corrected chi connectivity index (χ0v) is 16.1. The molecule has 0 radical (unpaired) electrons. The smallest absolute Gasteiger partial charge is 0.291 e. The molecule has 0 spiro atoms. The molecule has 1 aromatic carbocycles. The summed E-state index contributed by atoms with van der Waals surface area (Å²) < 4.78 is 11.4. The Morgan fingerprint density at radius 2 is 1.97 bits per heavy atom. The Morgan fingerprint density at radius 3 is 2.69 bits per heavy atom. The van der Waals surface area contributed by atoms with Crippen molar-refractivity contribution in [1.29, 1.82) is 0 Å². The maximum Gasteiger partial charge on any atom is 0.291 e. The lowest BCUT2D eigenvalue weighted by Crippen LogP contribution is -2.29. The van der Waals surface area contributed by atoms with E-state index in [2.05, 4.69) is 4.98 Å². The number of nitrogens with zero attached hydrogens (tertiary/aromatic N) is 2. The van der Waals surface area contributed by atoms with Gasteiger partial charge < -0.3 is 13.7 Å². The molecular weight excluding hydrogens is 392 g/mol. The number of fused-ring (bicyclic) bond motifs is 2. The van der Waals surface area contributed by atoms with Gasteiger partial charge in [0.1, 0.15) is 11.3 Å². The predicted octanol–water partition coefficient (Wildman–Crippen LogP) is 4.49. The first-order valence-corrected chi connectivity index (χ1v) is 9.42. The number of halogens is 1. The van der Waals surface area contributed by atoms with Gasteiger partial charge in [0.25, 0.3) is 5.91 Å². The van der Waals surface area contributed by atoms with Gasteiger partial charge in [0.05, 0.1) is 29.8 Å². The van der Waals surface area contributed by atoms with E-state index in [-0.39, 0.29) is 23.6 Å². The van der Waals surface area contributed by atoms with E-state index in [0.29, 0.717) is 27.3 Å². The van der Waals surface area contributed by atoms with Gasteiger partial charge in [-0.3, -0.25) is 14.6 Å². The monoisotopic (exact) mass is 406 g/mol. The van der Waals surface area contributed by atoms with Crippen LogP contribution in [-0.2, 0) is 6.54 Å². The maximum atomic E-state index is 13.4. The lowest BCUT2D eigenvalue weighted by Gasteiger charge is -2.24. The summed E-state index contributed by atoms with van der Waals surface area (Å²) in [6.45, 7) is 2.03. The quantitative estimate of drug-likeness (QED) is 0.501. The number of furan rings is 1. The number of rotatable bonds is 3. The molecule has 0 saturated heterocycles. The number of carbonyl (C=O) groups excluding carboxylic acids is 1.